The van der Waals surface area contributed by atoms with E-state index in [4.69, 9.17) is 17.7 Å². The third-order valence-corrected chi connectivity index (χ3v) is 6.84. The summed E-state index contributed by atoms with van der Waals surface area (Å²) in [4.78, 5) is 43.7. The molecule has 0 N–H and O–H groups in total. The zero-order valence-electron chi connectivity index (χ0n) is 10.5. The van der Waals surface area contributed by atoms with E-state index in [0.29, 0.717) is 0 Å². The molecule has 0 saturated heterocycles. The molecule has 0 spiro atoms. The van der Waals surface area contributed by atoms with Crippen LogP contribution in [0.1, 0.15) is 27.7 Å². The third kappa shape index (κ3) is 6.80. The van der Waals surface area contributed by atoms with Gasteiger partial charge in [0.1, 0.15) is 0 Å². The Bertz CT molecular complexity index is 325. The van der Waals surface area contributed by atoms with Gasteiger partial charge in [-0.1, -0.05) is 0 Å². The van der Waals surface area contributed by atoms with E-state index in [1.807, 2.05) is 0 Å². The van der Waals surface area contributed by atoms with Gasteiger partial charge >= 0.3 is 17.6 Å². The Morgan fingerprint density at radius 2 is 1.06 bits per heavy atom. The Balaban J connectivity index is 5.08. The topological polar surface area (TPSA) is 105 Å². The van der Waals surface area contributed by atoms with Gasteiger partial charge < -0.3 is 17.7 Å². The van der Waals surface area contributed by atoms with Crippen LogP contribution in [0, 0.1) is 0 Å². The van der Waals surface area contributed by atoms with Crippen molar-refractivity contribution in [2.45, 2.75) is 27.7 Å². The molecule has 18 heavy (non-hydrogen) atoms. The molecule has 0 radical (unpaired) electrons. The molecule has 0 aliphatic carbocycles. The maximum Gasteiger partial charge on any atom is 0.703 e. The molecule has 8 nitrogen and oxygen atoms in total. The van der Waals surface area contributed by atoms with Crippen molar-refractivity contribution in [1.82, 2.24) is 0 Å². The molecule has 0 aromatic heterocycles. The van der Waals surface area contributed by atoms with Crippen molar-refractivity contribution in [1.29, 1.82) is 0 Å². The normalized spacial score (nSPS) is 10.9. The largest absolute Gasteiger partial charge is 0.703 e. The van der Waals surface area contributed by atoms with E-state index in [9.17, 15) is 19.2 Å². The highest BCUT2D eigenvalue weighted by molar-refractivity contribution is 7.14. The molecule has 0 aromatic rings. The molecular weight excluding hydrogens is 280 g/mol. The van der Waals surface area contributed by atoms with Crippen LogP contribution in [0.4, 0.5) is 0 Å². The second-order valence-electron chi connectivity index (χ2n) is 3.24. The van der Waals surface area contributed by atoms with Crippen molar-refractivity contribution in [3.8, 4) is 0 Å². The summed E-state index contributed by atoms with van der Waals surface area (Å²) in [5.41, 5.74) is 0. The number of carbonyl (C=O) groups is 4. The molecule has 0 unspecified atom stereocenters. The predicted octanol–water partition coefficient (Wildman–Crippen LogP) is -1.24. The molecule has 0 atom stereocenters. The van der Waals surface area contributed by atoms with E-state index < -0.39 is 41.5 Å². The Kier molecular flexibility index (Phi) is 6.26. The number of rotatable bonds is 5. The van der Waals surface area contributed by atoms with E-state index in [2.05, 4.69) is 0 Å². The summed E-state index contributed by atoms with van der Waals surface area (Å²) in [6.07, 6.45) is 0. The van der Waals surface area contributed by atoms with E-state index in [1.54, 1.807) is 0 Å². The Morgan fingerprint density at radius 1 is 0.722 bits per heavy atom. The molecule has 0 fully saturated rings. The fraction of sp³-hybridized carbons (Fsp3) is 0.500. The van der Waals surface area contributed by atoms with Crippen LogP contribution in [0.25, 0.3) is 0 Å². The van der Waals surface area contributed by atoms with Crippen molar-refractivity contribution >= 4 is 41.5 Å². The van der Waals surface area contributed by atoms with Gasteiger partial charge in [-0.05, 0) is 0 Å². The minimum absolute atomic E-state index is 0.634. The first-order valence-electron chi connectivity index (χ1n) is 4.89. The Hall–Kier alpha value is -1.69. The molecule has 0 saturated carbocycles. The van der Waals surface area contributed by atoms with Crippen LogP contribution in [-0.2, 0) is 36.9 Å². The molecule has 0 aliphatic heterocycles. The third-order valence-electron chi connectivity index (χ3n) is 1.35. The Morgan fingerprint density at radius 3 is 1.28 bits per heavy atom. The molecule has 102 valence electrons. The molecule has 0 aliphatic rings. The monoisotopic (exact) mass is 294 g/mol. The second-order valence-corrected chi connectivity index (χ2v) is 9.26. The first-order chi connectivity index (χ1) is 8.17. The highest BCUT2D eigenvalue weighted by Crippen LogP contribution is 2.10. The van der Waals surface area contributed by atoms with Gasteiger partial charge in [-0.2, -0.15) is 0 Å². The number of hydrogen-bond acceptors (Lipinski definition) is 8. The summed E-state index contributed by atoms with van der Waals surface area (Å²) in [7, 11) is -5.90. The minimum atomic E-state index is -3.90. The van der Waals surface area contributed by atoms with Crippen molar-refractivity contribution < 1.29 is 36.9 Å². The average Bonchev–Trinajstić information content (AvgIpc) is 2.11. The summed E-state index contributed by atoms with van der Waals surface area (Å²) < 4.78 is 19.2. The van der Waals surface area contributed by atoms with Crippen LogP contribution in [0.3, 0.4) is 0 Å². The number of carbonyl (C=O) groups excluding carboxylic acids is 4. The van der Waals surface area contributed by atoms with E-state index >= 15 is 0 Å². The molecule has 0 rings (SSSR count). The highest BCUT2D eigenvalue weighted by atomic mass is 29.2. The van der Waals surface area contributed by atoms with Gasteiger partial charge in [0.05, 0.1) is 0 Å². The van der Waals surface area contributed by atoms with Crippen LogP contribution in [-0.4, -0.2) is 41.5 Å². The summed E-state index contributed by atoms with van der Waals surface area (Å²) in [6, 6.07) is 0. The summed E-state index contributed by atoms with van der Waals surface area (Å²) in [6.45, 7) is 4.34. The maximum atomic E-state index is 11.0. The molecule has 10 heteroatoms. The van der Waals surface area contributed by atoms with Crippen molar-refractivity contribution in [3.63, 3.8) is 0 Å². The van der Waals surface area contributed by atoms with Gasteiger partial charge in [-0.3, -0.25) is 19.2 Å². The van der Waals surface area contributed by atoms with Gasteiger partial charge in [0.2, 0.25) is 0 Å². The lowest BCUT2D eigenvalue weighted by molar-refractivity contribution is -0.147. The predicted molar refractivity (Wildman–Crippen MR) is 61.4 cm³/mol. The maximum absolute atomic E-state index is 11.0. The first-order valence-corrected chi connectivity index (χ1v) is 9.52. The first kappa shape index (κ1) is 16.3. The summed E-state index contributed by atoms with van der Waals surface area (Å²) >= 11 is 0. The molecule has 0 aromatic carbocycles. The van der Waals surface area contributed by atoms with Crippen LogP contribution < -0.4 is 0 Å². The summed E-state index contributed by atoms with van der Waals surface area (Å²) in [5.74, 6) is -3.00. The van der Waals surface area contributed by atoms with E-state index in [0.717, 1.165) is 27.7 Å². The van der Waals surface area contributed by atoms with Crippen LogP contribution in [0.2, 0.25) is 0 Å². The highest BCUT2D eigenvalue weighted by Gasteiger charge is 2.54. The molecule has 0 heterocycles. The van der Waals surface area contributed by atoms with E-state index in [-0.39, 0.29) is 0 Å². The van der Waals surface area contributed by atoms with Gasteiger partial charge in [-0.15, -0.1) is 0 Å². The second kappa shape index (κ2) is 6.91. The van der Waals surface area contributed by atoms with Crippen LogP contribution >= 0.6 is 0 Å². The van der Waals surface area contributed by atoms with Crippen molar-refractivity contribution in [2.75, 3.05) is 0 Å². The lowest BCUT2D eigenvalue weighted by atomic mass is 10.9. The molecule has 0 amide bonds. The minimum Gasteiger partial charge on any atom is -0.515 e. The van der Waals surface area contributed by atoms with E-state index in [1.165, 1.54) is 0 Å². The zero-order chi connectivity index (χ0) is 14.3. The average molecular weight is 294 g/mol. The standard InChI is InChI=1S/C8H14O8Si2/c1-5(9)13-17-18(14-6(2)10,15-7(3)11)16-8(4)12/h17H2,1-4H3. The molecule has 0 bridgehead atoms. The van der Waals surface area contributed by atoms with Crippen LogP contribution in [0.15, 0.2) is 0 Å². The van der Waals surface area contributed by atoms with Gasteiger partial charge in [0.15, 0.2) is 0 Å². The SMILES string of the molecule is CC(=O)O[SiH2][Si](OC(C)=O)(OC(C)=O)OC(C)=O. The van der Waals surface area contributed by atoms with Gasteiger partial charge in [0, 0.05) is 27.7 Å². The van der Waals surface area contributed by atoms with Gasteiger partial charge in [-0.25, -0.2) is 0 Å². The fourth-order valence-electron chi connectivity index (χ4n) is 0.998. The fourth-order valence-corrected chi connectivity index (χ4v) is 6.49. The summed E-state index contributed by atoms with van der Waals surface area (Å²) in [5, 5.41) is 0. The van der Waals surface area contributed by atoms with Crippen molar-refractivity contribution in [3.05, 3.63) is 0 Å². The lowest BCUT2D eigenvalue weighted by Gasteiger charge is -2.25. The van der Waals surface area contributed by atoms with Crippen molar-refractivity contribution in [2.24, 2.45) is 0 Å². The quantitative estimate of drug-likeness (QED) is 0.580. The number of hydrogen-bond donors (Lipinski definition) is 0. The van der Waals surface area contributed by atoms with Crippen LogP contribution in [0.5, 0.6) is 0 Å². The van der Waals surface area contributed by atoms with Gasteiger partial charge in [0.25, 0.3) is 23.9 Å². The zero-order valence-corrected chi connectivity index (χ0v) is 12.9. The Labute approximate surface area is 107 Å². The lowest BCUT2D eigenvalue weighted by Crippen LogP contribution is -2.56. The molecular formula is C8H14O8Si2. The smallest absolute Gasteiger partial charge is 0.515 e.